The second-order valence-electron chi connectivity index (χ2n) is 3.36. The van der Waals surface area contributed by atoms with E-state index in [2.05, 4.69) is 10.5 Å². The van der Waals surface area contributed by atoms with Crippen LogP contribution in [0.25, 0.3) is 0 Å². The monoisotopic (exact) mass is 228 g/mol. The van der Waals surface area contributed by atoms with Gasteiger partial charge in [0, 0.05) is 19.9 Å². The van der Waals surface area contributed by atoms with Crippen molar-refractivity contribution in [2.24, 2.45) is 5.84 Å². The summed E-state index contributed by atoms with van der Waals surface area (Å²) in [5.74, 6) is 5.50. The van der Waals surface area contributed by atoms with Gasteiger partial charge >= 0.3 is 0 Å². The molecule has 1 aromatic heterocycles. The van der Waals surface area contributed by atoms with Crippen LogP contribution in [0, 0.1) is 0 Å². The van der Waals surface area contributed by atoms with Crippen molar-refractivity contribution in [1.29, 1.82) is 0 Å². The highest BCUT2D eigenvalue weighted by Gasteiger charge is 2.13. The molecule has 1 aromatic rings. The van der Waals surface area contributed by atoms with Gasteiger partial charge in [-0.1, -0.05) is 0 Å². The molecule has 16 heavy (non-hydrogen) atoms. The molecule has 6 heteroatoms. The fourth-order valence-electron chi connectivity index (χ4n) is 1.47. The van der Waals surface area contributed by atoms with Gasteiger partial charge in [-0.2, -0.15) is 5.10 Å². The summed E-state index contributed by atoms with van der Waals surface area (Å²) in [6.45, 7) is 4.51. The van der Waals surface area contributed by atoms with Crippen LogP contribution in [-0.4, -0.2) is 36.7 Å². The second kappa shape index (κ2) is 7.34. The lowest BCUT2D eigenvalue weighted by atomic mass is 10.2. The standard InChI is InChI=1S/C10H20N4O2/c1-3-14-10(4-5-12-14)9(13-11)8-16-7-6-15-2/h4-5,9,13H,3,6-8,11H2,1-2H3. The van der Waals surface area contributed by atoms with Gasteiger partial charge in [0.2, 0.25) is 0 Å². The summed E-state index contributed by atoms with van der Waals surface area (Å²) in [6, 6.07) is 1.90. The van der Waals surface area contributed by atoms with E-state index in [-0.39, 0.29) is 6.04 Å². The van der Waals surface area contributed by atoms with Gasteiger partial charge in [0.1, 0.15) is 0 Å². The minimum absolute atomic E-state index is 0.0423. The molecule has 1 rings (SSSR count). The molecule has 0 radical (unpaired) electrons. The smallest absolute Gasteiger partial charge is 0.0862 e. The number of ether oxygens (including phenoxy) is 2. The molecule has 0 fully saturated rings. The van der Waals surface area contributed by atoms with Crippen LogP contribution in [0.1, 0.15) is 18.7 Å². The molecule has 1 atom stereocenters. The molecule has 0 saturated heterocycles. The third-order valence-corrected chi connectivity index (χ3v) is 2.32. The molecule has 1 heterocycles. The number of nitrogens with two attached hydrogens (primary N) is 1. The maximum atomic E-state index is 5.50. The first-order valence-electron chi connectivity index (χ1n) is 5.38. The zero-order valence-corrected chi connectivity index (χ0v) is 9.85. The molecule has 92 valence electrons. The third kappa shape index (κ3) is 3.57. The predicted octanol–water partition coefficient (Wildman–Crippen LogP) is 0.0704. The summed E-state index contributed by atoms with van der Waals surface area (Å²) < 4.78 is 12.2. The average Bonchev–Trinajstić information content (AvgIpc) is 2.77. The summed E-state index contributed by atoms with van der Waals surface area (Å²) in [6.07, 6.45) is 1.76. The number of aromatic nitrogens is 2. The van der Waals surface area contributed by atoms with Crippen molar-refractivity contribution in [3.05, 3.63) is 18.0 Å². The van der Waals surface area contributed by atoms with Crippen LogP contribution < -0.4 is 11.3 Å². The van der Waals surface area contributed by atoms with Crippen LogP contribution in [0.5, 0.6) is 0 Å². The molecule has 0 spiro atoms. The van der Waals surface area contributed by atoms with Gasteiger partial charge in [0.05, 0.1) is 31.6 Å². The number of hydrogen-bond acceptors (Lipinski definition) is 5. The number of nitrogens with one attached hydrogen (secondary N) is 1. The Bertz CT molecular complexity index is 290. The van der Waals surface area contributed by atoms with E-state index in [1.54, 1.807) is 13.3 Å². The van der Waals surface area contributed by atoms with E-state index in [9.17, 15) is 0 Å². The highest BCUT2D eigenvalue weighted by Crippen LogP contribution is 2.11. The maximum absolute atomic E-state index is 5.50. The Morgan fingerprint density at radius 3 is 3.00 bits per heavy atom. The van der Waals surface area contributed by atoms with Crippen molar-refractivity contribution >= 4 is 0 Å². The van der Waals surface area contributed by atoms with E-state index in [4.69, 9.17) is 15.3 Å². The summed E-state index contributed by atoms with van der Waals surface area (Å²) >= 11 is 0. The lowest BCUT2D eigenvalue weighted by Crippen LogP contribution is -2.33. The minimum atomic E-state index is -0.0423. The number of hydrazine groups is 1. The van der Waals surface area contributed by atoms with Crippen molar-refractivity contribution < 1.29 is 9.47 Å². The molecule has 3 N–H and O–H groups in total. The van der Waals surface area contributed by atoms with Crippen molar-refractivity contribution in [2.45, 2.75) is 19.5 Å². The van der Waals surface area contributed by atoms with E-state index in [0.717, 1.165) is 12.2 Å². The molecule has 0 saturated carbocycles. The van der Waals surface area contributed by atoms with E-state index >= 15 is 0 Å². The Morgan fingerprint density at radius 1 is 1.56 bits per heavy atom. The highest BCUT2D eigenvalue weighted by atomic mass is 16.5. The first kappa shape index (κ1) is 13.1. The van der Waals surface area contributed by atoms with Crippen LogP contribution in [0.4, 0.5) is 0 Å². The Balaban J connectivity index is 2.47. The first-order chi connectivity index (χ1) is 7.83. The normalized spacial score (nSPS) is 12.9. The van der Waals surface area contributed by atoms with Gasteiger partial charge in [0.25, 0.3) is 0 Å². The zero-order chi connectivity index (χ0) is 11.8. The molecule has 1 unspecified atom stereocenters. The van der Waals surface area contributed by atoms with Gasteiger partial charge in [-0.05, 0) is 13.0 Å². The molecule has 6 nitrogen and oxygen atoms in total. The van der Waals surface area contributed by atoms with Crippen LogP contribution in [-0.2, 0) is 16.0 Å². The predicted molar refractivity (Wildman–Crippen MR) is 60.7 cm³/mol. The minimum Gasteiger partial charge on any atom is -0.382 e. The number of aryl methyl sites for hydroxylation is 1. The van der Waals surface area contributed by atoms with Crippen molar-refractivity contribution in [3.63, 3.8) is 0 Å². The Hall–Kier alpha value is -0.950. The molecule has 0 aromatic carbocycles. The van der Waals surface area contributed by atoms with Gasteiger partial charge < -0.3 is 9.47 Å². The van der Waals surface area contributed by atoms with Crippen LogP contribution >= 0.6 is 0 Å². The number of methoxy groups -OCH3 is 1. The molecule has 0 aliphatic heterocycles. The second-order valence-corrected chi connectivity index (χ2v) is 3.36. The molecule has 0 bridgehead atoms. The topological polar surface area (TPSA) is 74.3 Å². The average molecular weight is 228 g/mol. The van der Waals surface area contributed by atoms with E-state index in [1.165, 1.54) is 0 Å². The van der Waals surface area contributed by atoms with Crippen LogP contribution in [0.2, 0.25) is 0 Å². The first-order valence-corrected chi connectivity index (χ1v) is 5.38. The van der Waals surface area contributed by atoms with Gasteiger partial charge in [-0.25, -0.2) is 5.43 Å². The SMILES string of the molecule is CCn1nccc1C(COCCOC)NN. The van der Waals surface area contributed by atoms with Gasteiger partial charge in [-0.15, -0.1) is 0 Å². The summed E-state index contributed by atoms with van der Waals surface area (Å²) in [5.41, 5.74) is 3.76. The van der Waals surface area contributed by atoms with Crippen molar-refractivity contribution in [2.75, 3.05) is 26.9 Å². The van der Waals surface area contributed by atoms with Gasteiger partial charge in [-0.3, -0.25) is 10.5 Å². The fraction of sp³-hybridized carbons (Fsp3) is 0.700. The Morgan fingerprint density at radius 2 is 2.38 bits per heavy atom. The molecule has 0 aliphatic rings. The van der Waals surface area contributed by atoms with Crippen molar-refractivity contribution in [3.8, 4) is 0 Å². The molecular weight excluding hydrogens is 208 g/mol. The number of nitrogens with zero attached hydrogens (tertiary/aromatic N) is 2. The van der Waals surface area contributed by atoms with Gasteiger partial charge in [0.15, 0.2) is 0 Å². The number of hydrogen-bond donors (Lipinski definition) is 2. The lowest BCUT2D eigenvalue weighted by Gasteiger charge is -2.17. The largest absolute Gasteiger partial charge is 0.382 e. The quantitative estimate of drug-likeness (QED) is 0.374. The van der Waals surface area contributed by atoms with E-state index in [0.29, 0.717) is 19.8 Å². The van der Waals surface area contributed by atoms with E-state index < -0.39 is 0 Å². The highest BCUT2D eigenvalue weighted by molar-refractivity contribution is 5.06. The Kier molecular flexibility index (Phi) is 6.02. The third-order valence-electron chi connectivity index (χ3n) is 2.32. The van der Waals surface area contributed by atoms with E-state index in [1.807, 2.05) is 17.7 Å². The molecule has 0 amide bonds. The lowest BCUT2D eigenvalue weighted by molar-refractivity contribution is 0.0573. The van der Waals surface area contributed by atoms with Crippen molar-refractivity contribution in [1.82, 2.24) is 15.2 Å². The molecule has 0 aliphatic carbocycles. The maximum Gasteiger partial charge on any atom is 0.0862 e. The zero-order valence-electron chi connectivity index (χ0n) is 9.85. The summed E-state index contributed by atoms with van der Waals surface area (Å²) in [5, 5.41) is 4.19. The van der Waals surface area contributed by atoms with Crippen LogP contribution in [0.3, 0.4) is 0 Å². The summed E-state index contributed by atoms with van der Waals surface area (Å²) in [7, 11) is 1.65. The Labute approximate surface area is 95.7 Å². The van der Waals surface area contributed by atoms with Crippen LogP contribution in [0.15, 0.2) is 12.3 Å². The molecular formula is C10H20N4O2. The summed E-state index contributed by atoms with van der Waals surface area (Å²) in [4.78, 5) is 0. The number of rotatable bonds is 8. The fourth-order valence-corrected chi connectivity index (χ4v) is 1.47.